The normalized spacial score (nSPS) is 18.7. The number of hydrogen-bond donors (Lipinski definition) is 2. The second-order valence-corrected chi connectivity index (χ2v) is 4.17. The summed E-state index contributed by atoms with van der Waals surface area (Å²) in [6.07, 6.45) is 2.90. The first-order chi connectivity index (χ1) is 8.68. The average Bonchev–Trinajstić information content (AvgIpc) is 2.86. The van der Waals surface area contributed by atoms with Gasteiger partial charge in [-0.05, 0) is 25.0 Å². The summed E-state index contributed by atoms with van der Waals surface area (Å²) in [5, 5.41) is 11.7. The summed E-state index contributed by atoms with van der Waals surface area (Å²) in [7, 11) is 0. The van der Waals surface area contributed by atoms with Crippen molar-refractivity contribution >= 4 is 12.0 Å². The highest BCUT2D eigenvalue weighted by Crippen LogP contribution is 2.17. The Balaban J connectivity index is 1.90. The van der Waals surface area contributed by atoms with E-state index in [1.807, 2.05) is 6.07 Å². The molecule has 2 amide bonds. The van der Waals surface area contributed by atoms with Crippen LogP contribution in [0, 0.1) is 0 Å². The third-order valence-corrected chi connectivity index (χ3v) is 2.95. The molecule has 1 fully saturated rings. The molecule has 0 aliphatic carbocycles. The number of likely N-dealkylation sites (tertiary alicyclic amines) is 1. The van der Waals surface area contributed by atoms with E-state index in [0.29, 0.717) is 19.5 Å². The highest BCUT2D eigenvalue weighted by atomic mass is 16.4. The van der Waals surface area contributed by atoms with E-state index in [1.165, 1.54) is 4.90 Å². The van der Waals surface area contributed by atoms with E-state index in [9.17, 15) is 9.59 Å². The van der Waals surface area contributed by atoms with Crippen LogP contribution in [0.15, 0.2) is 24.4 Å². The minimum atomic E-state index is -0.944. The van der Waals surface area contributed by atoms with Crippen LogP contribution in [0.25, 0.3) is 0 Å². The molecule has 18 heavy (non-hydrogen) atoms. The van der Waals surface area contributed by atoms with Crippen molar-refractivity contribution in [2.24, 2.45) is 0 Å². The molecule has 2 heterocycles. The number of aliphatic carboxylic acids is 1. The van der Waals surface area contributed by atoms with Crippen LogP contribution < -0.4 is 5.32 Å². The van der Waals surface area contributed by atoms with Gasteiger partial charge in [-0.1, -0.05) is 6.07 Å². The van der Waals surface area contributed by atoms with Gasteiger partial charge in [-0.25, -0.2) is 9.59 Å². The SMILES string of the molecule is O=C(O)C1CCCN1C(=O)NCc1ccccn1. The van der Waals surface area contributed by atoms with E-state index in [0.717, 1.165) is 12.1 Å². The second kappa shape index (κ2) is 5.48. The Bertz CT molecular complexity index is 435. The second-order valence-electron chi connectivity index (χ2n) is 4.17. The van der Waals surface area contributed by atoms with Crippen LogP contribution in [-0.2, 0) is 11.3 Å². The Labute approximate surface area is 105 Å². The van der Waals surface area contributed by atoms with Gasteiger partial charge < -0.3 is 15.3 Å². The molecule has 6 nitrogen and oxygen atoms in total. The molecule has 1 saturated heterocycles. The lowest BCUT2D eigenvalue weighted by Gasteiger charge is -2.21. The molecule has 1 aliphatic rings. The Kier molecular flexibility index (Phi) is 3.76. The molecule has 1 atom stereocenters. The first kappa shape index (κ1) is 12.3. The zero-order valence-electron chi connectivity index (χ0n) is 9.87. The van der Waals surface area contributed by atoms with Crippen LogP contribution in [0.2, 0.25) is 0 Å². The van der Waals surface area contributed by atoms with Crippen molar-refractivity contribution in [3.63, 3.8) is 0 Å². The quantitative estimate of drug-likeness (QED) is 0.831. The Morgan fingerprint density at radius 2 is 2.33 bits per heavy atom. The van der Waals surface area contributed by atoms with Crippen molar-refractivity contribution < 1.29 is 14.7 Å². The number of rotatable bonds is 3. The monoisotopic (exact) mass is 249 g/mol. The third-order valence-electron chi connectivity index (χ3n) is 2.95. The molecule has 0 aromatic carbocycles. The van der Waals surface area contributed by atoms with Gasteiger partial charge in [0.2, 0.25) is 0 Å². The predicted octanol–water partition coefficient (Wildman–Crippen LogP) is 0.840. The average molecular weight is 249 g/mol. The van der Waals surface area contributed by atoms with Crippen LogP contribution in [0.3, 0.4) is 0 Å². The minimum Gasteiger partial charge on any atom is -0.480 e. The Morgan fingerprint density at radius 1 is 1.50 bits per heavy atom. The summed E-state index contributed by atoms with van der Waals surface area (Å²) >= 11 is 0. The highest BCUT2D eigenvalue weighted by molar-refractivity contribution is 5.83. The van der Waals surface area contributed by atoms with Gasteiger partial charge in [0, 0.05) is 12.7 Å². The third kappa shape index (κ3) is 2.77. The zero-order valence-corrected chi connectivity index (χ0v) is 9.87. The molecule has 1 aromatic rings. The van der Waals surface area contributed by atoms with Gasteiger partial charge in [0.1, 0.15) is 6.04 Å². The topological polar surface area (TPSA) is 82.5 Å². The molecular weight excluding hydrogens is 234 g/mol. The molecule has 6 heteroatoms. The van der Waals surface area contributed by atoms with Gasteiger partial charge in [-0.2, -0.15) is 0 Å². The number of carboxylic acid groups (broad SMARTS) is 1. The number of pyridine rings is 1. The fourth-order valence-corrected chi connectivity index (χ4v) is 2.04. The van der Waals surface area contributed by atoms with Crippen LogP contribution in [0.4, 0.5) is 4.79 Å². The summed E-state index contributed by atoms with van der Waals surface area (Å²) in [4.78, 5) is 28.3. The molecule has 0 bridgehead atoms. The number of carboxylic acids is 1. The summed E-state index contributed by atoms with van der Waals surface area (Å²) < 4.78 is 0. The molecule has 1 aromatic heterocycles. The van der Waals surface area contributed by atoms with Crippen molar-refractivity contribution in [1.82, 2.24) is 15.2 Å². The summed E-state index contributed by atoms with van der Waals surface area (Å²) in [5.74, 6) is -0.944. The number of amides is 2. The van der Waals surface area contributed by atoms with E-state index in [4.69, 9.17) is 5.11 Å². The van der Waals surface area contributed by atoms with Gasteiger partial charge in [-0.3, -0.25) is 4.98 Å². The van der Waals surface area contributed by atoms with Crippen LogP contribution >= 0.6 is 0 Å². The maximum atomic E-state index is 11.9. The smallest absolute Gasteiger partial charge is 0.326 e. The lowest BCUT2D eigenvalue weighted by atomic mass is 10.2. The molecule has 0 spiro atoms. The van der Waals surface area contributed by atoms with Crippen molar-refractivity contribution in [3.05, 3.63) is 30.1 Å². The standard InChI is InChI=1S/C12H15N3O3/c16-11(17)10-5-3-7-15(10)12(18)14-8-9-4-1-2-6-13-9/h1-2,4,6,10H,3,5,7-8H2,(H,14,18)(H,16,17). The lowest BCUT2D eigenvalue weighted by molar-refractivity contribution is -0.141. The van der Waals surface area contributed by atoms with Crippen LogP contribution in [-0.4, -0.2) is 39.6 Å². The number of urea groups is 1. The van der Waals surface area contributed by atoms with E-state index < -0.39 is 12.0 Å². The number of carbonyl (C=O) groups excluding carboxylic acids is 1. The fraction of sp³-hybridized carbons (Fsp3) is 0.417. The van der Waals surface area contributed by atoms with Gasteiger partial charge in [0.05, 0.1) is 12.2 Å². The largest absolute Gasteiger partial charge is 0.480 e. The Hall–Kier alpha value is -2.11. The van der Waals surface area contributed by atoms with E-state index >= 15 is 0 Å². The maximum absolute atomic E-state index is 11.9. The predicted molar refractivity (Wildman–Crippen MR) is 63.8 cm³/mol. The molecule has 0 radical (unpaired) electrons. The van der Waals surface area contributed by atoms with E-state index in [1.54, 1.807) is 18.3 Å². The number of carbonyl (C=O) groups is 2. The van der Waals surface area contributed by atoms with E-state index in [2.05, 4.69) is 10.3 Å². The molecule has 0 saturated carbocycles. The first-order valence-electron chi connectivity index (χ1n) is 5.85. The van der Waals surface area contributed by atoms with Crippen LogP contribution in [0.1, 0.15) is 18.5 Å². The maximum Gasteiger partial charge on any atom is 0.326 e. The molecule has 96 valence electrons. The molecule has 1 unspecified atom stereocenters. The summed E-state index contributed by atoms with van der Waals surface area (Å²) in [6, 6.07) is 4.40. The number of nitrogens with one attached hydrogen (secondary N) is 1. The minimum absolute atomic E-state index is 0.308. The van der Waals surface area contributed by atoms with Crippen molar-refractivity contribution in [3.8, 4) is 0 Å². The van der Waals surface area contributed by atoms with Crippen molar-refractivity contribution in [1.29, 1.82) is 0 Å². The first-order valence-corrected chi connectivity index (χ1v) is 5.85. The number of nitrogens with zero attached hydrogens (tertiary/aromatic N) is 2. The van der Waals surface area contributed by atoms with Gasteiger partial charge >= 0.3 is 12.0 Å². The van der Waals surface area contributed by atoms with Gasteiger partial charge in [0.25, 0.3) is 0 Å². The van der Waals surface area contributed by atoms with Crippen molar-refractivity contribution in [2.75, 3.05) is 6.54 Å². The fourth-order valence-electron chi connectivity index (χ4n) is 2.04. The highest BCUT2D eigenvalue weighted by Gasteiger charge is 2.33. The lowest BCUT2D eigenvalue weighted by Crippen LogP contribution is -2.45. The Morgan fingerprint density at radius 3 is 3.00 bits per heavy atom. The summed E-state index contributed by atoms with van der Waals surface area (Å²) in [5.41, 5.74) is 0.747. The summed E-state index contributed by atoms with van der Waals surface area (Å²) in [6.45, 7) is 0.799. The van der Waals surface area contributed by atoms with Crippen LogP contribution in [0.5, 0.6) is 0 Å². The number of hydrogen-bond acceptors (Lipinski definition) is 3. The van der Waals surface area contributed by atoms with E-state index in [-0.39, 0.29) is 6.03 Å². The molecule has 2 N–H and O–H groups in total. The number of aromatic nitrogens is 1. The molecular formula is C12H15N3O3. The van der Waals surface area contributed by atoms with Gasteiger partial charge in [-0.15, -0.1) is 0 Å². The molecule has 2 rings (SSSR count). The van der Waals surface area contributed by atoms with Gasteiger partial charge in [0.15, 0.2) is 0 Å². The zero-order chi connectivity index (χ0) is 13.0. The molecule has 1 aliphatic heterocycles. The van der Waals surface area contributed by atoms with Crippen molar-refractivity contribution in [2.45, 2.75) is 25.4 Å².